The summed E-state index contributed by atoms with van der Waals surface area (Å²) in [6, 6.07) is 3.26. The highest BCUT2D eigenvalue weighted by Crippen LogP contribution is 2.37. The van der Waals surface area contributed by atoms with Gasteiger partial charge in [-0.05, 0) is 30.3 Å². The average molecular weight is 483 g/mol. The van der Waals surface area contributed by atoms with Crippen molar-refractivity contribution >= 4 is 33.2 Å². The van der Waals surface area contributed by atoms with Crippen LogP contribution in [0.4, 0.5) is 37.1 Å². The van der Waals surface area contributed by atoms with Crippen molar-refractivity contribution in [2.24, 2.45) is 0 Å². The van der Waals surface area contributed by atoms with Crippen LogP contribution in [-0.4, -0.2) is 31.6 Å². The fraction of sp³-hybridized carbons (Fsp3) is 0.176. The summed E-state index contributed by atoms with van der Waals surface area (Å²) in [6.07, 6.45) is -11.3. The summed E-state index contributed by atoms with van der Waals surface area (Å²) in [5, 5.41) is 2.22. The Morgan fingerprint density at radius 1 is 1.00 bits per heavy atom. The summed E-state index contributed by atoms with van der Waals surface area (Å²) in [7, 11) is -3.98. The highest BCUT2D eigenvalue weighted by Gasteiger charge is 2.38. The number of carbonyl (C=O) groups excluding carboxylic acids is 1. The van der Waals surface area contributed by atoms with Gasteiger partial charge in [0.25, 0.3) is 0 Å². The third-order valence-corrected chi connectivity index (χ3v) is 5.14. The third kappa shape index (κ3) is 5.04. The SMILES string of the molecule is COC(=O)Nc1nc2ccc(OS(=O)(=O)c3cc(C(F)(F)F)cc(C(F)(F)F)c3)cc2[nH]1. The van der Waals surface area contributed by atoms with Crippen molar-refractivity contribution in [3.8, 4) is 5.75 Å². The van der Waals surface area contributed by atoms with Gasteiger partial charge in [0.1, 0.15) is 10.6 Å². The summed E-state index contributed by atoms with van der Waals surface area (Å²) in [6.45, 7) is 0. The molecule has 0 radical (unpaired) electrons. The van der Waals surface area contributed by atoms with Gasteiger partial charge in [-0.1, -0.05) is 0 Å². The number of nitrogens with zero attached hydrogens (tertiary/aromatic N) is 1. The van der Waals surface area contributed by atoms with E-state index in [0.29, 0.717) is 0 Å². The average Bonchev–Trinajstić information content (AvgIpc) is 3.07. The summed E-state index contributed by atoms with van der Waals surface area (Å²) in [4.78, 5) is 16.4. The number of fused-ring (bicyclic) bond motifs is 1. The van der Waals surface area contributed by atoms with Crippen molar-refractivity contribution in [2.45, 2.75) is 17.2 Å². The maximum Gasteiger partial charge on any atom is 0.416 e. The first-order chi connectivity index (χ1) is 14.7. The smallest absolute Gasteiger partial charge is 0.416 e. The molecule has 0 aliphatic rings. The Hall–Kier alpha value is -3.49. The Labute approximate surface area is 175 Å². The van der Waals surface area contributed by atoms with E-state index in [1.54, 1.807) is 0 Å². The normalized spacial score (nSPS) is 12.6. The van der Waals surface area contributed by atoms with Crippen LogP contribution in [-0.2, 0) is 27.2 Å². The van der Waals surface area contributed by atoms with Crippen LogP contribution in [0.25, 0.3) is 11.0 Å². The number of H-pyrrole nitrogens is 1. The number of amides is 1. The number of rotatable bonds is 4. The lowest BCUT2D eigenvalue weighted by molar-refractivity contribution is -0.143. The van der Waals surface area contributed by atoms with Crippen molar-refractivity contribution in [1.29, 1.82) is 0 Å². The number of hydrogen-bond donors (Lipinski definition) is 2. The van der Waals surface area contributed by atoms with Crippen LogP contribution in [0.1, 0.15) is 11.1 Å². The van der Waals surface area contributed by atoms with Crippen molar-refractivity contribution in [3.63, 3.8) is 0 Å². The second kappa shape index (κ2) is 7.89. The van der Waals surface area contributed by atoms with Gasteiger partial charge in [0, 0.05) is 6.07 Å². The van der Waals surface area contributed by atoms with Gasteiger partial charge in [-0.3, -0.25) is 5.32 Å². The Morgan fingerprint density at radius 3 is 2.12 bits per heavy atom. The van der Waals surface area contributed by atoms with Gasteiger partial charge in [-0.25, -0.2) is 9.78 Å². The van der Waals surface area contributed by atoms with Crippen LogP contribution in [0.2, 0.25) is 0 Å². The summed E-state index contributed by atoms with van der Waals surface area (Å²) < 4.78 is 112. The van der Waals surface area contributed by atoms with E-state index in [2.05, 4.69) is 20.0 Å². The van der Waals surface area contributed by atoms with E-state index in [4.69, 9.17) is 4.18 Å². The second-order valence-corrected chi connectivity index (χ2v) is 7.71. The summed E-state index contributed by atoms with van der Waals surface area (Å²) in [5.74, 6) is -0.503. The van der Waals surface area contributed by atoms with Crippen LogP contribution >= 0.6 is 0 Å². The lowest BCUT2D eigenvalue weighted by atomic mass is 10.1. The number of anilines is 1. The summed E-state index contributed by atoms with van der Waals surface area (Å²) >= 11 is 0. The molecule has 2 aromatic carbocycles. The van der Waals surface area contributed by atoms with Crippen molar-refractivity contribution < 1.29 is 48.5 Å². The zero-order chi connectivity index (χ0) is 23.9. The zero-order valence-electron chi connectivity index (χ0n) is 15.6. The van der Waals surface area contributed by atoms with Crippen LogP contribution in [0.15, 0.2) is 41.3 Å². The maximum absolute atomic E-state index is 13.0. The molecule has 3 rings (SSSR count). The molecule has 172 valence electrons. The first kappa shape index (κ1) is 23.2. The Bertz CT molecular complexity index is 1250. The van der Waals surface area contributed by atoms with E-state index < -0.39 is 50.3 Å². The van der Waals surface area contributed by atoms with Gasteiger partial charge in [-0.2, -0.15) is 34.8 Å². The van der Waals surface area contributed by atoms with Gasteiger partial charge in [0.2, 0.25) is 5.95 Å². The molecule has 1 amide bonds. The maximum atomic E-state index is 13.0. The van der Waals surface area contributed by atoms with Gasteiger partial charge in [-0.15, -0.1) is 0 Å². The van der Waals surface area contributed by atoms with E-state index in [9.17, 15) is 39.6 Å². The molecule has 0 bridgehead atoms. The molecule has 2 N–H and O–H groups in total. The van der Waals surface area contributed by atoms with Gasteiger partial charge >= 0.3 is 28.6 Å². The number of ether oxygens (including phenoxy) is 1. The van der Waals surface area contributed by atoms with E-state index in [1.807, 2.05) is 0 Å². The molecule has 1 aromatic heterocycles. The predicted octanol–water partition coefficient (Wildman–Crippen LogP) is 4.55. The second-order valence-electron chi connectivity index (χ2n) is 6.16. The van der Waals surface area contributed by atoms with Crippen LogP contribution in [0.3, 0.4) is 0 Å². The molecule has 32 heavy (non-hydrogen) atoms. The summed E-state index contributed by atoms with van der Waals surface area (Å²) in [5.41, 5.74) is -3.24. The fourth-order valence-electron chi connectivity index (χ4n) is 2.49. The standard InChI is InChI=1S/C17H11F6N3O5S/c1-30-15(27)26-14-24-12-3-2-10(7-13(12)25-14)31-32(28,29)11-5-8(16(18,19)20)4-9(6-11)17(21,22)23/h2-7H,1H3,(H2,24,25,26,27). The first-order valence-electron chi connectivity index (χ1n) is 8.28. The largest absolute Gasteiger partial charge is 0.453 e. The number of halogens is 6. The minimum absolute atomic E-state index is 0.0394. The Balaban J connectivity index is 1.98. The van der Waals surface area contributed by atoms with E-state index >= 15 is 0 Å². The topological polar surface area (TPSA) is 110 Å². The number of methoxy groups -OCH3 is 1. The highest BCUT2D eigenvalue weighted by molar-refractivity contribution is 7.87. The molecule has 3 aromatic rings. The molecule has 0 atom stereocenters. The van der Waals surface area contributed by atoms with Gasteiger partial charge in [0.05, 0.1) is 29.3 Å². The first-order valence-corrected chi connectivity index (χ1v) is 9.68. The van der Waals surface area contributed by atoms with Gasteiger partial charge < -0.3 is 13.9 Å². The molecule has 0 unspecified atom stereocenters. The van der Waals surface area contributed by atoms with Crippen LogP contribution < -0.4 is 9.50 Å². The molecular formula is C17H11F6N3O5S. The molecule has 0 aliphatic carbocycles. The third-order valence-electron chi connectivity index (χ3n) is 3.91. The predicted molar refractivity (Wildman–Crippen MR) is 96.4 cm³/mol. The van der Waals surface area contributed by atoms with Crippen molar-refractivity contribution in [1.82, 2.24) is 9.97 Å². The lowest BCUT2D eigenvalue weighted by Crippen LogP contribution is -2.16. The molecule has 1 heterocycles. The number of carbonyl (C=O) groups is 1. The molecule has 0 aliphatic heterocycles. The molecule has 0 fully saturated rings. The van der Waals surface area contributed by atoms with Crippen molar-refractivity contribution in [3.05, 3.63) is 47.5 Å². The van der Waals surface area contributed by atoms with Crippen LogP contribution in [0, 0.1) is 0 Å². The molecule has 8 nitrogen and oxygen atoms in total. The minimum atomic E-state index is -5.23. The monoisotopic (exact) mass is 483 g/mol. The molecule has 0 saturated heterocycles. The van der Waals surface area contributed by atoms with E-state index in [0.717, 1.165) is 19.2 Å². The number of nitrogens with one attached hydrogen (secondary N) is 2. The Kier molecular flexibility index (Phi) is 5.71. The van der Waals surface area contributed by atoms with Gasteiger partial charge in [0.15, 0.2) is 0 Å². The zero-order valence-corrected chi connectivity index (χ0v) is 16.4. The quantitative estimate of drug-likeness (QED) is 0.416. The van der Waals surface area contributed by atoms with E-state index in [1.165, 1.54) is 6.07 Å². The minimum Gasteiger partial charge on any atom is -0.453 e. The van der Waals surface area contributed by atoms with Crippen LogP contribution in [0.5, 0.6) is 5.75 Å². The fourth-order valence-corrected chi connectivity index (χ4v) is 3.49. The molecular weight excluding hydrogens is 472 g/mol. The number of aromatic amines is 1. The lowest BCUT2D eigenvalue weighted by Gasteiger charge is -2.14. The highest BCUT2D eigenvalue weighted by atomic mass is 32.2. The number of benzene rings is 2. The van der Waals surface area contributed by atoms with E-state index in [-0.39, 0.29) is 35.2 Å². The number of aromatic nitrogens is 2. The van der Waals surface area contributed by atoms with Crippen molar-refractivity contribution in [2.75, 3.05) is 12.4 Å². The molecule has 15 heteroatoms. The number of alkyl halides is 6. The number of hydrogen-bond acceptors (Lipinski definition) is 6. The molecule has 0 spiro atoms. The molecule has 0 saturated carbocycles. The Morgan fingerprint density at radius 2 is 1.59 bits per heavy atom. The number of imidazole rings is 1.